The van der Waals surface area contributed by atoms with Crippen LogP contribution in [0.4, 0.5) is 0 Å². The number of thiocarbonyl (C=S) groups is 1. The van der Waals surface area contributed by atoms with Crippen LogP contribution < -0.4 is 9.47 Å². The highest BCUT2D eigenvalue weighted by atomic mass is 32.2. The molecule has 2 aromatic rings. The molecule has 8 heteroatoms. The fraction of sp³-hybridized carbons (Fsp3) is 0.261. The summed E-state index contributed by atoms with van der Waals surface area (Å²) in [5.74, 6) is 0.134. The summed E-state index contributed by atoms with van der Waals surface area (Å²) in [5, 5.41) is 8.79. The minimum Gasteiger partial charge on any atom is -0.490 e. The van der Waals surface area contributed by atoms with E-state index in [-0.39, 0.29) is 12.3 Å². The van der Waals surface area contributed by atoms with E-state index >= 15 is 0 Å². The number of hydrogen-bond acceptors (Lipinski definition) is 6. The molecule has 0 unspecified atom stereocenters. The highest BCUT2D eigenvalue weighted by Gasteiger charge is 2.31. The van der Waals surface area contributed by atoms with E-state index in [2.05, 4.69) is 0 Å². The molecule has 0 aromatic heterocycles. The average Bonchev–Trinajstić information content (AvgIpc) is 3.01. The van der Waals surface area contributed by atoms with Gasteiger partial charge in [-0.1, -0.05) is 60.4 Å². The number of thioether (sulfide) groups is 1. The zero-order chi connectivity index (χ0) is 22.2. The van der Waals surface area contributed by atoms with Crippen LogP contribution in [0, 0.1) is 0 Å². The van der Waals surface area contributed by atoms with Gasteiger partial charge in [0.15, 0.2) is 11.5 Å². The molecule has 1 saturated heterocycles. The minimum absolute atomic E-state index is 0.00172. The first-order valence-electron chi connectivity index (χ1n) is 9.88. The third-order valence-electron chi connectivity index (χ3n) is 4.45. The number of carbonyl (C=O) groups excluding carboxylic acids is 1. The number of aliphatic carboxylic acids is 1. The Labute approximate surface area is 190 Å². The summed E-state index contributed by atoms with van der Waals surface area (Å²) in [6.45, 7) is 3.10. The van der Waals surface area contributed by atoms with Gasteiger partial charge in [-0.25, -0.2) is 0 Å². The molecule has 6 nitrogen and oxygen atoms in total. The van der Waals surface area contributed by atoms with Gasteiger partial charge in [-0.2, -0.15) is 0 Å². The first-order chi connectivity index (χ1) is 15.0. The SMILES string of the molecule is CCOc1cc(/C=C2\SC(=S)N(CCCC(=O)O)C2=O)ccc1OCc1ccccc1. The van der Waals surface area contributed by atoms with Crippen LogP contribution in [0.15, 0.2) is 53.4 Å². The van der Waals surface area contributed by atoms with Gasteiger partial charge in [-0.3, -0.25) is 14.5 Å². The van der Waals surface area contributed by atoms with Crippen LogP contribution in [0.2, 0.25) is 0 Å². The van der Waals surface area contributed by atoms with Crippen LogP contribution >= 0.6 is 24.0 Å². The molecule has 0 radical (unpaired) electrons. The van der Waals surface area contributed by atoms with Crippen molar-refractivity contribution in [1.82, 2.24) is 4.90 Å². The topological polar surface area (TPSA) is 76.1 Å². The number of carbonyl (C=O) groups is 2. The molecule has 0 bridgehead atoms. The molecule has 31 heavy (non-hydrogen) atoms. The van der Waals surface area contributed by atoms with Crippen LogP contribution in [0.25, 0.3) is 6.08 Å². The zero-order valence-corrected chi connectivity index (χ0v) is 18.7. The maximum absolute atomic E-state index is 12.7. The van der Waals surface area contributed by atoms with Crippen molar-refractivity contribution >= 4 is 46.3 Å². The zero-order valence-electron chi connectivity index (χ0n) is 17.1. The van der Waals surface area contributed by atoms with Crippen LogP contribution in [0.5, 0.6) is 11.5 Å². The minimum atomic E-state index is -0.890. The van der Waals surface area contributed by atoms with Crippen molar-refractivity contribution in [3.63, 3.8) is 0 Å². The second kappa shape index (κ2) is 11.0. The van der Waals surface area contributed by atoms with Gasteiger partial charge in [0.25, 0.3) is 5.91 Å². The Balaban J connectivity index is 1.72. The van der Waals surface area contributed by atoms with E-state index in [9.17, 15) is 9.59 Å². The summed E-state index contributed by atoms with van der Waals surface area (Å²) in [5.41, 5.74) is 1.85. The van der Waals surface area contributed by atoms with Gasteiger partial charge < -0.3 is 14.6 Å². The molecule has 2 aromatic carbocycles. The molecule has 0 spiro atoms. The van der Waals surface area contributed by atoms with Crippen LogP contribution in [0.3, 0.4) is 0 Å². The Hall–Kier alpha value is -2.84. The third-order valence-corrected chi connectivity index (χ3v) is 5.83. The smallest absolute Gasteiger partial charge is 0.303 e. The summed E-state index contributed by atoms with van der Waals surface area (Å²) >= 11 is 6.51. The summed E-state index contributed by atoms with van der Waals surface area (Å²) in [6, 6.07) is 15.4. The summed E-state index contributed by atoms with van der Waals surface area (Å²) in [4.78, 5) is 25.3. The lowest BCUT2D eigenvalue weighted by Gasteiger charge is -2.13. The van der Waals surface area contributed by atoms with E-state index in [1.54, 1.807) is 6.08 Å². The summed E-state index contributed by atoms with van der Waals surface area (Å²) < 4.78 is 12.1. The number of amides is 1. The summed E-state index contributed by atoms with van der Waals surface area (Å²) in [6.07, 6.45) is 2.12. The number of rotatable bonds is 10. The van der Waals surface area contributed by atoms with Gasteiger partial charge in [0.1, 0.15) is 10.9 Å². The fourth-order valence-electron chi connectivity index (χ4n) is 2.97. The maximum Gasteiger partial charge on any atom is 0.303 e. The Bertz CT molecular complexity index is 991. The maximum atomic E-state index is 12.7. The van der Waals surface area contributed by atoms with Crippen molar-refractivity contribution < 1.29 is 24.2 Å². The lowest BCUT2D eigenvalue weighted by molar-refractivity contribution is -0.137. The van der Waals surface area contributed by atoms with Gasteiger partial charge in [0.05, 0.1) is 11.5 Å². The molecule has 162 valence electrons. The average molecular weight is 458 g/mol. The molecule has 0 atom stereocenters. The van der Waals surface area contributed by atoms with Gasteiger partial charge >= 0.3 is 5.97 Å². The van der Waals surface area contributed by atoms with Crippen molar-refractivity contribution in [1.29, 1.82) is 0 Å². The number of hydrogen-bond donors (Lipinski definition) is 1. The molecule has 0 aliphatic carbocycles. The molecule has 1 aliphatic rings. The lowest BCUT2D eigenvalue weighted by Crippen LogP contribution is -2.29. The molecule has 3 rings (SSSR count). The van der Waals surface area contributed by atoms with Crippen molar-refractivity contribution in [3.05, 3.63) is 64.6 Å². The summed E-state index contributed by atoms with van der Waals surface area (Å²) in [7, 11) is 0. The van der Waals surface area contributed by atoms with E-state index in [4.69, 9.17) is 26.8 Å². The molecule has 1 fully saturated rings. The van der Waals surface area contributed by atoms with Crippen LogP contribution in [-0.2, 0) is 16.2 Å². The van der Waals surface area contributed by atoms with Crippen LogP contribution in [-0.4, -0.2) is 39.4 Å². The van der Waals surface area contributed by atoms with Crippen LogP contribution in [0.1, 0.15) is 30.9 Å². The number of nitrogens with zero attached hydrogens (tertiary/aromatic N) is 1. The first-order valence-corrected chi connectivity index (χ1v) is 11.1. The van der Waals surface area contributed by atoms with Crippen molar-refractivity contribution in [2.75, 3.05) is 13.2 Å². The van der Waals surface area contributed by atoms with E-state index in [0.29, 0.717) is 46.9 Å². The van der Waals surface area contributed by atoms with E-state index in [0.717, 1.165) is 11.1 Å². The molecule has 1 N–H and O–H groups in total. The highest BCUT2D eigenvalue weighted by molar-refractivity contribution is 8.26. The second-order valence-corrected chi connectivity index (χ2v) is 8.42. The molecular weight excluding hydrogens is 434 g/mol. The quantitative estimate of drug-likeness (QED) is 0.408. The molecule has 1 aliphatic heterocycles. The number of benzene rings is 2. The van der Waals surface area contributed by atoms with Crippen molar-refractivity contribution in [3.8, 4) is 11.5 Å². The Morgan fingerprint density at radius 2 is 1.94 bits per heavy atom. The van der Waals surface area contributed by atoms with Crippen molar-refractivity contribution in [2.45, 2.75) is 26.4 Å². The third kappa shape index (κ3) is 6.32. The van der Waals surface area contributed by atoms with Gasteiger partial charge in [0.2, 0.25) is 0 Å². The van der Waals surface area contributed by atoms with E-state index < -0.39 is 5.97 Å². The molecule has 0 saturated carbocycles. The van der Waals surface area contributed by atoms with Gasteiger partial charge in [-0.05, 0) is 42.7 Å². The highest BCUT2D eigenvalue weighted by Crippen LogP contribution is 2.35. The number of carboxylic acid groups (broad SMARTS) is 1. The predicted molar refractivity (Wildman–Crippen MR) is 125 cm³/mol. The van der Waals surface area contributed by atoms with Crippen molar-refractivity contribution in [2.24, 2.45) is 0 Å². The Morgan fingerprint density at radius 1 is 1.16 bits per heavy atom. The molecule has 1 amide bonds. The molecular formula is C23H23NO5S2. The van der Waals surface area contributed by atoms with Gasteiger partial charge in [0, 0.05) is 13.0 Å². The monoisotopic (exact) mass is 457 g/mol. The molecule has 1 heterocycles. The first kappa shape index (κ1) is 22.8. The lowest BCUT2D eigenvalue weighted by atomic mass is 10.1. The van der Waals surface area contributed by atoms with E-state index in [1.165, 1.54) is 16.7 Å². The Morgan fingerprint density at radius 3 is 2.65 bits per heavy atom. The fourth-order valence-corrected chi connectivity index (χ4v) is 4.28. The normalized spacial score (nSPS) is 14.9. The van der Waals surface area contributed by atoms with E-state index in [1.807, 2.05) is 55.5 Å². The Kier molecular flexibility index (Phi) is 8.08. The second-order valence-electron chi connectivity index (χ2n) is 6.74. The van der Waals surface area contributed by atoms with Gasteiger partial charge in [-0.15, -0.1) is 0 Å². The predicted octanol–water partition coefficient (Wildman–Crippen LogP) is 4.73. The standard InChI is InChI=1S/C23H23NO5S2/c1-2-28-19-13-17(10-11-18(19)29-15-16-7-4-3-5-8-16)14-20-22(27)24(23(30)31-20)12-6-9-21(25)26/h3-5,7-8,10-11,13-14H,2,6,9,12,15H2,1H3,(H,25,26)/b20-14-. The number of carboxylic acids is 1. The largest absolute Gasteiger partial charge is 0.490 e. The number of ether oxygens (including phenoxy) is 2.